The lowest BCUT2D eigenvalue weighted by molar-refractivity contribution is 0.660. The normalized spacial score (nSPS) is 12.6. The van der Waals surface area contributed by atoms with Crippen molar-refractivity contribution in [3.63, 3.8) is 0 Å². The second-order valence-corrected chi connectivity index (χ2v) is 14.6. The quantitative estimate of drug-likeness (QED) is 0.147. The summed E-state index contributed by atoms with van der Waals surface area (Å²) < 4.78 is 0. The monoisotopic (exact) mass is 705 g/mol. The van der Waals surface area contributed by atoms with E-state index in [9.17, 15) is 5.26 Å². The van der Waals surface area contributed by atoms with Crippen molar-refractivity contribution in [2.45, 2.75) is 19.3 Å². The average molecular weight is 706 g/mol. The standard InChI is InChI=1S/C52H39N3/c1-52(2)50-33-38(18-17-37-19-25-44(26-20-37)54(42-13-5-3-6-14-42)43-15-7-4-8-16-43)23-31-48(50)49-32-30-47(35-51(49)52)55(45-27-21-39(36-53)22-28-45)46-29-24-40-11-9-10-12-41(40)34-46/h3-35H,1-2H3/b18-17+. The molecular formula is C52H39N3. The van der Waals surface area contributed by atoms with E-state index in [0.29, 0.717) is 5.56 Å². The van der Waals surface area contributed by atoms with Crippen molar-refractivity contribution in [3.8, 4) is 17.2 Å². The zero-order valence-electron chi connectivity index (χ0n) is 30.9. The van der Waals surface area contributed by atoms with Crippen molar-refractivity contribution in [1.29, 1.82) is 5.26 Å². The van der Waals surface area contributed by atoms with Crippen molar-refractivity contribution in [2.75, 3.05) is 9.80 Å². The van der Waals surface area contributed by atoms with Gasteiger partial charge in [0, 0.05) is 39.5 Å². The molecule has 0 heterocycles. The fourth-order valence-electron chi connectivity index (χ4n) is 7.96. The molecule has 0 fully saturated rings. The minimum atomic E-state index is -0.204. The van der Waals surface area contributed by atoms with Gasteiger partial charge in [0.05, 0.1) is 11.6 Å². The van der Waals surface area contributed by atoms with Gasteiger partial charge >= 0.3 is 0 Å². The smallest absolute Gasteiger partial charge is 0.0991 e. The molecule has 1 aliphatic carbocycles. The maximum atomic E-state index is 9.51. The van der Waals surface area contributed by atoms with Gasteiger partial charge in [-0.2, -0.15) is 5.26 Å². The Morgan fingerprint density at radius 2 is 0.873 bits per heavy atom. The van der Waals surface area contributed by atoms with Crippen LogP contribution in [0.15, 0.2) is 188 Å². The van der Waals surface area contributed by atoms with Crippen LogP contribution >= 0.6 is 0 Å². The van der Waals surface area contributed by atoms with E-state index in [-0.39, 0.29) is 5.41 Å². The maximum Gasteiger partial charge on any atom is 0.0991 e. The van der Waals surface area contributed by atoms with Gasteiger partial charge in [0.15, 0.2) is 0 Å². The number of nitriles is 1. The molecule has 0 saturated heterocycles. The van der Waals surface area contributed by atoms with Gasteiger partial charge in [-0.1, -0.05) is 129 Å². The molecule has 0 N–H and O–H groups in total. The van der Waals surface area contributed by atoms with Crippen LogP contribution in [-0.2, 0) is 5.41 Å². The highest BCUT2D eigenvalue weighted by Crippen LogP contribution is 2.51. The van der Waals surface area contributed by atoms with Gasteiger partial charge < -0.3 is 9.80 Å². The van der Waals surface area contributed by atoms with Crippen LogP contribution < -0.4 is 9.80 Å². The van der Waals surface area contributed by atoms with E-state index in [1.54, 1.807) is 0 Å². The first-order chi connectivity index (χ1) is 27.0. The predicted molar refractivity (Wildman–Crippen MR) is 231 cm³/mol. The minimum absolute atomic E-state index is 0.204. The summed E-state index contributed by atoms with van der Waals surface area (Å²) in [4.78, 5) is 4.58. The van der Waals surface area contributed by atoms with E-state index in [4.69, 9.17) is 0 Å². The molecule has 3 nitrogen and oxygen atoms in total. The topological polar surface area (TPSA) is 30.3 Å². The van der Waals surface area contributed by atoms with E-state index in [1.165, 1.54) is 38.6 Å². The van der Waals surface area contributed by atoms with Gasteiger partial charge in [0.2, 0.25) is 0 Å². The Bertz CT molecular complexity index is 2680. The average Bonchev–Trinajstić information content (AvgIpc) is 3.46. The van der Waals surface area contributed by atoms with Crippen LogP contribution in [0, 0.1) is 11.3 Å². The highest BCUT2D eigenvalue weighted by atomic mass is 15.1. The SMILES string of the molecule is CC1(C)c2cc(/C=C/c3ccc(N(c4ccccc4)c4ccccc4)cc3)ccc2-c2ccc(N(c3ccc(C#N)cc3)c3ccc4ccccc4c3)cc21. The second-order valence-electron chi connectivity index (χ2n) is 14.6. The third-order valence-corrected chi connectivity index (χ3v) is 10.8. The molecule has 3 heteroatoms. The molecule has 0 aliphatic heterocycles. The third kappa shape index (κ3) is 6.35. The summed E-state index contributed by atoms with van der Waals surface area (Å²) in [6, 6.07) is 68.7. The lowest BCUT2D eigenvalue weighted by atomic mass is 9.81. The van der Waals surface area contributed by atoms with Crippen molar-refractivity contribution < 1.29 is 0 Å². The molecule has 8 aromatic rings. The molecule has 0 unspecified atom stereocenters. The maximum absolute atomic E-state index is 9.51. The van der Waals surface area contributed by atoms with Crippen LogP contribution in [0.3, 0.4) is 0 Å². The zero-order valence-corrected chi connectivity index (χ0v) is 30.9. The van der Waals surface area contributed by atoms with Gasteiger partial charge in [0.1, 0.15) is 0 Å². The first kappa shape index (κ1) is 33.7. The Kier molecular flexibility index (Phi) is 8.58. The molecule has 0 atom stereocenters. The number of hydrogen-bond donors (Lipinski definition) is 0. The highest BCUT2D eigenvalue weighted by molar-refractivity contribution is 5.91. The molecule has 8 aromatic carbocycles. The Labute approximate surface area is 323 Å². The Morgan fingerprint density at radius 3 is 1.53 bits per heavy atom. The summed E-state index contributed by atoms with van der Waals surface area (Å²) in [6.07, 6.45) is 4.42. The number of nitrogens with zero attached hydrogens (tertiary/aromatic N) is 3. The number of rotatable bonds is 8. The minimum Gasteiger partial charge on any atom is -0.311 e. The van der Waals surface area contributed by atoms with Crippen molar-refractivity contribution in [3.05, 3.63) is 216 Å². The fraction of sp³-hybridized carbons (Fsp3) is 0.0577. The number of para-hydroxylation sites is 2. The van der Waals surface area contributed by atoms with E-state index in [1.807, 2.05) is 24.3 Å². The Hall–Kier alpha value is -7.15. The molecule has 0 radical (unpaired) electrons. The summed E-state index contributed by atoms with van der Waals surface area (Å²) in [5.41, 5.74) is 14.5. The van der Waals surface area contributed by atoms with E-state index < -0.39 is 0 Å². The first-order valence-electron chi connectivity index (χ1n) is 18.7. The lowest BCUT2D eigenvalue weighted by Crippen LogP contribution is -2.16. The first-order valence-corrected chi connectivity index (χ1v) is 18.7. The molecule has 0 aromatic heterocycles. The number of fused-ring (bicyclic) bond motifs is 4. The Morgan fingerprint density at radius 1 is 0.418 bits per heavy atom. The molecule has 1 aliphatic rings. The van der Waals surface area contributed by atoms with Crippen LogP contribution in [0.1, 0.15) is 41.7 Å². The van der Waals surface area contributed by atoms with Crippen LogP contribution in [0.5, 0.6) is 0 Å². The van der Waals surface area contributed by atoms with Gasteiger partial charge in [-0.3, -0.25) is 0 Å². The van der Waals surface area contributed by atoms with Crippen molar-refractivity contribution in [2.24, 2.45) is 0 Å². The van der Waals surface area contributed by atoms with Gasteiger partial charge in [-0.25, -0.2) is 0 Å². The molecule has 0 bridgehead atoms. The van der Waals surface area contributed by atoms with Crippen LogP contribution in [0.25, 0.3) is 34.1 Å². The van der Waals surface area contributed by atoms with Crippen LogP contribution in [0.4, 0.5) is 34.1 Å². The van der Waals surface area contributed by atoms with Gasteiger partial charge in [0.25, 0.3) is 0 Å². The van der Waals surface area contributed by atoms with Crippen LogP contribution in [0.2, 0.25) is 0 Å². The fourth-order valence-corrected chi connectivity index (χ4v) is 7.96. The summed E-state index contributed by atoms with van der Waals surface area (Å²) in [5, 5.41) is 11.9. The molecule has 0 spiro atoms. The molecule has 262 valence electrons. The molecule has 55 heavy (non-hydrogen) atoms. The number of benzene rings is 8. The van der Waals surface area contributed by atoms with Crippen LogP contribution in [-0.4, -0.2) is 0 Å². The lowest BCUT2D eigenvalue weighted by Gasteiger charge is -2.28. The van der Waals surface area contributed by atoms with E-state index in [0.717, 1.165) is 39.7 Å². The van der Waals surface area contributed by atoms with Crippen molar-refractivity contribution in [1.82, 2.24) is 0 Å². The predicted octanol–water partition coefficient (Wildman–Crippen LogP) is 14.1. The summed E-state index contributed by atoms with van der Waals surface area (Å²) in [5.74, 6) is 0. The highest BCUT2D eigenvalue weighted by Gasteiger charge is 2.36. The summed E-state index contributed by atoms with van der Waals surface area (Å²) >= 11 is 0. The van der Waals surface area contributed by atoms with Crippen molar-refractivity contribution >= 4 is 57.0 Å². The van der Waals surface area contributed by atoms with Gasteiger partial charge in [-0.05, 0) is 129 Å². The summed E-state index contributed by atoms with van der Waals surface area (Å²) in [6.45, 7) is 4.67. The molecule has 0 saturated carbocycles. The molecule has 9 rings (SSSR count). The number of anilines is 6. The molecular weight excluding hydrogens is 667 g/mol. The zero-order chi connectivity index (χ0) is 37.4. The second kappa shape index (κ2) is 14.0. The van der Waals surface area contributed by atoms with Gasteiger partial charge in [-0.15, -0.1) is 0 Å². The molecule has 0 amide bonds. The Balaban J connectivity index is 1.02. The van der Waals surface area contributed by atoms with E-state index >= 15 is 0 Å². The largest absolute Gasteiger partial charge is 0.311 e. The number of hydrogen-bond acceptors (Lipinski definition) is 3. The summed E-state index contributed by atoms with van der Waals surface area (Å²) in [7, 11) is 0. The van der Waals surface area contributed by atoms with E-state index in [2.05, 4.69) is 206 Å². The third-order valence-electron chi connectivity index (χ3n) is 10.8.